The van der Waals surface area contributed by atoms with Gasteiger partial charge in [0.05, 0.1) is 12.1 Å². The first-order chi connectivity index (χ1) is 10.3. The molecular weight excluding hydrogens is 286 g/mol. The van der Waals surface area contributed by atoms with Crippen molar-refractivity contribution in [1.82, 2.24) is 14.8 Å². The molecule has 1 saturated heterocycles. The second-order valence-electron chi connectivity index (χ2n) is 5.44. The lowest BCUT2D eigenvalue weighted by atomic mass is 10.1. The average molecular weight is 306 g/mol. The number of hydrogen-bond donors (Lipinski definition) is 1. The Morgan fingerprint density at radius 1 is 1.10 bits per heavy atom. The van der Waals surface area contributed by atoms with Crippen LogP contribution in [-0.4, -0.2) is 59.2 Å². The molecule has 3 rings (SSSR count). The first-order valence-corrected chi connectivity index (χ1v) is 7.73. The molecule has 1 aliphatic heterocycles. The fourth-order valence-corrected chi connectivity index (χ4v) is 3.08. The third kappa shape index (κ3) is 3.35. The second kappa shape index (κ2) is 6.71. The summed E-state index contributed by atoms with van der Waals surface area (Å²) in [6.45, 7) is 5.83. The van der Waals surface area contributed by atoms with Gasteiger partial charge in [-0.2, -0.15) is 0 Å². The maximum Gasteiger partial charge on any atom is 0.0761 e. The number of piperazine rings is 1. The van der Waals surface area contributed by atoms with Crippen molar-refractivity contribution in [2.75, 3.05) is 39.3 Å². The topological polar surface area (TPSA) is 39.6 Å². The quantitative estimate of drug-likeness (QED) is 0.938. The molecule has 1 fully saturated rings. The molecule has 2 aromatic rings. The Bertz CT molecular complexity index is 611. The molecule has 0 unspecified atom stereocenters. The molecule has 1 N–H and O–H groups in total. The average Bonchev–Trinajstić information content (AvgIpc) is 2.52. The monoisotopic (exact) mass is 305 g/mol. The molecule has 1 aromatic carbocycles. The number of benzene rings is 1. The first kappa shape index (κ1) is 14.7. The van der Waals surface area contributed by atoms with Gasteiger partial charge < -0.3 is 5.11 Å². The van der Waals surface area contributed by atoms with Crippen LogP contribution in [0.4, 0.5) is 0 Å². The standard InChI is InChI=1S/C16H20ClN3O/c17-15-4-3-13-2-1-5-18-16(13)14(15)12-20-8-6-19(7-9-20)10-11-21/h1-5,21H,6-12H2. The van der Waals surface area contributed by atoms with Gasteiger partial charge in [0.2, 0.25) is 0 Å². The largest absolute Gasteiger partial charge is 0.395 e. The summed E-state index contributed by atoms with van der Waals surface area (Å²) < 4.78 is 0. The predicted octanol–water partition coefficient (Wildman–Crippen LogP) is 2.00. The van der Waals surface area contributed by atoms with E-state index >= 15 is 0 Å². The van der Waals surface area contributed by atoms with E-state index in [1.165, 1.54) is 0 Å². The lowest BCUT2D eigenvalue weighted by Crippen LogP contribution is -2.46. The summed E-state index contributed by atoms with van der Waals surface area (Å²) in [6.07, 6.45) is 1.82. The van der Waals surface area contributed by atoms with Gasteiger partial charge >= 0.3 is 0 Å². The van der Waals surface area contributed by atoms with Crippen LogP contribution in [0.1, 0.15) is 5.56 Å². The van der Waals surface area contributed by atoms with Crippen LogP contribution in [0.2, 0.25) is 5.02 Å². The Balaban J connectivity index is 1.75. The van der Waals surface area contributed by atoms with Gasteiger partial charge in [-0.25, -0.2) is 0 Å². The van der Waals surface area contributed by atoms with Crippen molar-refractivity contribution in [2.45, 2.75) is 6.54 Å². The normalized spacial score (nSPS) is 17.4. The molecule has 1 aliphatic rings. The zero-order valence-electron chi connectivity index (χ0n) is 12.0. The van der Waals surface area contributed by atoms with Crippen molar-refractivity contribution < 1.29 is 5.11 Å². The number of pyridine rings is 1. The highest BCUT2D eigenvalue weighted by Crippen LogP contribution is 2.26. The fourth-order valence-electron chi connectivity index (χ4n) is 2.87. The SMILES string of the molecule is OCCN1CCN(Cc2c(Cl)ccc3cccnc23)CC1. The zero-order valence-corrected chi connectivity index (χ0v) is 12.8. The molecular formula is C16H20ClN3O. The molecule has 0 amide bonds. The minimum absolute atomic E-state index is 0.235. The maximum absolute atomic E-state index is 8.99. The number of fused-ring (bicyclic) bond motifs is 1. The van der Waals surface area contributed by atoms with E-state index in [0.29, 0.717) is 0 Å². The van der Waals surface area contributed by atoms with Crippen LogP contribution in [0.25, 0.3) is 10.9 Å². The number of nitrogens with zero attached hydrogens (tertiary/aromatic N) is 3. The third-order valence-electron chi connectivity index (χ3n) is 4.09. The number of hydrogen-bond acceptors (Lipinski definition) is 4. The summed E-state index contributed by atoms with van der Waals surface area (Å²) in [5.74, 6) is 0. The number of halogens is 1. The molecule has 2 heterocycles. The van der Waals surface area contributed by atoms with E-state index in [4.69, 9.17) is 16.7 Å². The van der Waals surface area contributed by atoms with Gasteiger partial charge in [0.15, 0.2) is 0 Å². The highest BCUT2D eigenvalue weighted by atomic mass is 35.5. The highest BCUT2D eigenvalue weighted by Gasteiger charge is 2.18. The Morgan fingerprint density at radius 3 is 2.62 bits per heavy atom. The van der Waals surface area contributed by atoms with E-state index in [0.717, 1.165) is 60.8 Å². The predicted molar refractivity (Wildman–Crippen MR) is 85.6 cm³/mol. The Labute approximate surface area is 129 Å². The van der Waals surface area contributed by atoms with Crippen molar-refractivity contribution >= 4 is 22.5 Å². The molecule has 0 spiro atoms. The summed E-state index contributed by atoms with van der Waals surface area (Å²) in [4.78, 5) is 9.19. The second-order valence-corrected chi connectivity index (χ2v) is 5.85. The number of aliphatic hydroxyl groups excluding tert-OH is 1. The van der Waals surface area contributed by atoms with Gasteiger partial charge in [0.25, 0.3) is 0 Å². The molecule has 4 nitrogen and oxygen atoms in total. The van der Waals surface area contributed by atoms with Crippen molar-refractivity contribution in [1.29, 1.82) is 0 Å². The zero-order chi connectivity index (χ0) is 14.7. The van der Waals surface area contributed by atoms with Gasteiger partial charge in [-0.05, 0) is 12.1 Å². The van der Waals surface area contributed by atoms with Crippen molar-refractivity contribution in [3.8, 4) is 0 Å². The van der Waals surface area contributed by atoms with Gasteiger partial charge in [0, 0.05) is 61.4 Å². The third-order valence-corrected chi connectivity index (χ3v) is 4.44. The van der Waals surface area contributed by atoms with Crippen molar-refractivity contribution in [3.05, 3.63) is 41.0 Å². The Hall–Kier alpha value is -1.20. The van der Waals surface area contributed by atoms with Crippen LogP contribution in [0.5, 0.6) is 0 Å². The fraction of sp³-hybridized carbons (Fsp3) is 0.438. The Morgan fingerprint density at radius 2 is 1.86 bits per heavy atom. The minimum Gasteiger partial charge on any atom is -0.395 e. The number of rotatable bonds is 4. The number of aromatic nitrogens is 1. The first-order valence-electron chi connectivity index (χ1n) is 7.35. The van der Waals surface area contributed by atoms with E-state index in [2.05, 4.69) is 20.9 Å². The minimum atomic E-state index is 0.235. The molecule has 0 radical (unpaired) electrons. The summed E-state index contributed by atoms with van der Waals surface area (Å²) >= 11 is 6.39. The van der Waals surface area contributed by atoms with Gasteiger partial charge in [-0.3, -0.25) is 14.8 Å². The molecule has 112 valence electrons. The van der Waals surface area contributed by atoms with Crippen LogP contribution >= 0.6 is 11.6 Å². The van der Waals surface area contributed by atoms with Crippen molar-refractivity contribution in [3.63, 3.8) is 0 Å². The van der Waals surface area contributed by atoms with Crippen LogP contribution in [0.3, 0.4) is 0 Å². The molecule has 5 heteroatoms. The van der Waals surface area contributed by atoms with Crippen LogP contribution in [0, 0.1) is 0 Å². The van der Waals surface area contributed by atoms with Gasteiger partial charge in [-0.15, -0.1) is 0 Å². The van der Waals surface area contributed by atoms with Crippen LogP contribution in [-0.2, 0) is 6.54 Å². The smallest absolute Gasteiger partial charge is 0.0761 e. The summed E-state index contributed by atoms with van der Waals surface area (Å²) in [5.41, 5.74) is 2.12. The highest BCUT2D eigenvalue weighted by molar-refractivity contribution is 6.32. The number of aliphatic hydroxyl groups is 1. The maximum atomic E-state index is 8.99. The summed E-state index contributed by atoms with van der Waals surface area (Å²) in [6, 6.07) is 8.01. The molecule has 0 atom stereocenters. The van der Waals surface area contributed by atoms with Gasteiger partial charge in [-0.1, -0.05) is 23.7 Å². The van der Waals surface area contributed by atoms with E-state index in [1.54, 1.807) is 0 Å². The molecule has 0 bridgehead atoms. The molecule has 0 saturated carbocycles. The lowest BCUT2D eigenvalue weighted by molar-refractivity contribution is 0.109. The molecule has 1 aromatic heterocycles. The van der Waals surface area contributed by atoms with E-state index in [9.17, 15) is 0 Å². The Kier molecular flexibility index (Phi) is 4.70. The van der Waals surface area contributed by atoms with Crippen LogP contribution in [0.15, 0.2) is 30.5 Å². The van der Waals surface area contributed by atoms with Gasteiger partial charge in [0.1, 0.15) is 0 Å². The lowest BCUT2D eigenvalue weighted by Gasteiger charge is -2.34. The summed E-state index contributed by atoms with van der Waals surface area (Å²) in [7, 11) is 0. The van der Waals surface area contributed by atoms with E-state index in [1.807, 2.05) is 24.4 Å². The number of β-amino-alcohol motifs (C(OH)–C–C–N with tert-alkyl or cyclic N) is 1. The molecule has 21 heavy (non-hydrogen) atoms. The van der Waals surface area contributed by atoms with E-state index in [-0.39, 0.29) is 6.61 Å². The summed E-state index contributed by atoms with van der Waals surface area (Å²) in [5, 5.41) is 10.9. The van der Waals surface area contributed by atoms with Crippen molar-refractivity contribution in [2.24, 2.45) is 0 Å². The van der Waals surface area contributed by atoms with E-state index < -0.39 is 0 Å². The molecule has 0 aliphatic carbocycles. The van der Waals surface area contributed by atoms with Crippen LogP contribution < -0.4 is 0 Å².